The molecule has 0 spiro atoms. The molecule has 0 amide bonds. The van der Waals surface area contributed by atoms with Crippen LogP contribution in [-0.4, -0.2) is 39.1 Å². The first-order chi connectivity index (χ1) is 15.3. The van der Waals surface area contributed by atoms with E-state index in [4.69, 9.17) is 0 Å². The van der Waals surface area contributed by atoms with Crippen molar-refractivity contribution in [3.05, 3.63) is 52.6 Å². The topological polar surface area (TPSA) is 91.2 Å². The number of pyridine rings is 1. The first-order valence-electron chi connectivity index (χ1n) is 10.3. The van der Waals surface area contributed by atoms with Gasteiger partial charge >= 0.3 is 5.97 Å². The van der Waals surface area contributed by atoms with Gasteiger partial charge in [0.25, 0.3) is 6.43 Å². The first-order valence-corrected chi connectivity index (χ1v) is 10.3. The second-order valence-corrected chi connectivity index (χ2v) is 7.77. The Labute approximate surface area is 182 Å². The van der Waals surface area contributed by atoms with E-state index in [1.165, 1.54) is 18.2 Å². The van der Waals surface area contributed by atoms with Crippen molar-refractivity contribution < 1.29 is 23.1 Å². The summed E-state index contributed by atoms with van der Waals surface area (Å²) in [5.74, 6) is -1.12. The van der Waals surface area contributed by atoms with E-state index in [1.807, 2.05) is 4.90 Å². The molecule has 0 saturated carbocycles. The molecule has 0 bridgehead atoms. The molecule has 1 saturated heterocycles. The number of benzene rings is 1. The maximum absolute atomic E-state index is 14.6. The summed E-state index contributed by atoms with van der Waals surface area (Å²) in [6.45, 7) is 4.70. The van der Waals surface area contributed by atoms with Crippen molar-refractivity contribution >= 4 is 28.6 Å². The molecule has 1 aromatic carbocycles. The lowest BCUT2D eigenvalue weighted by molar-refractivity contribution is 0.0697. The van der Waals surface area contributed by atoms with E-state index in [1.54, 1.807) is 13.8 Å². The van der Waals surface area contributed by atoms with Crippen LogP contribution in [0.5, 0.6) is 0 Å². The first kappa shape index (κ1) is 21.8. The van der Waals surface area contributed by atoms with Crippen LogP contribution >= 0.6 is 0 Å². The van der Waals surface area contributed by atoms with Gasteiger partial charge in [0.1, 0.15) is 28.8 Å². The summed E-state index contributed by atoms with van der Waals surface area (Å²) >= 11 is 0. The van der Waals surface area contributed by atoms with Crippen LogP contribution in [0, 0.1) is 12.7 Å². The van der Waals surface area contributed by atoms with Gasteiger partial charge in [-0.2, -0.15) is 0 Å². The number of carboxylic acid groups (broad SMARTS) is 1. The number of alkyl halides is 2. The number of carboxylic acids is 1. The molecule has 10 heteroatoms. The van der Waals surface area contributed by atoms with Crippen LogP contribution in [0.4, 0.5) is 24.8 Å². The van der Waals surface area contributed by atoms with Gasteiger partial charge < -0.3 is 15.3 Å². The van der Waals surface area contributed by atoms with Crippen LogP contribution in [0.15, 0.2) is 24.3 Å². The normalized spacial score (nSPS) is 14.9. The highest BCUT2D eigenvalue weighted by Crippen LogP contribution is 2.32. The van der Waals surface area contributed by atoms with Crippen molar-refractivity contribution in [2.24, 2.45) is 0 Å². The van der Waals surface area contributed by atoms with Gasteiger partial charge in [0, 0.05) is 18.7 Å². The van der Waals surface area contributed by atoms with Gasteiger partial charge in [-0.15, -0.1) is 0 Å². The van der Waals surface area contributed by atoms with Crippen LogP contribution in [0.2, 0.25) is 0 Å². The van der Waals surface area contributed by atoms with Crippen LogP contribution in [0.1, 0.15) is 59.5 Å². The molecule has 1 aliphatic rings. The molecule has 0 aliphatic carbocycles. The largest absolute Gasteiger partial charge is 0.478 e. The standard InChI is InChI=1S/C22H22F3N5O2/c1-11(13-6-5-7-14(17(13)23)18(24)25)26-19-15-10-16(22(31)32)21(30-8-3-4-9-30)29-20(15)28-12(2)27-19/h5-7,10-11,18H,3-4,8-9H2,1-2H3,(H,31,32)(H,26,27,28,29)/t11-/m1/s1. The minimum Gasteiger partial charge on any atom is -0.478 e. The van der Waals surface area contributed by atoms with Gasteiger partial charge in [0.2, 0.25) is 0 Å². The molecule has 1 fully saturated rings. The molecule has 1 aliphatic heterocycles. The summed E-state index contributed by atoms with van der Waals surface area (Å²) in [6, 6.07) is 4.56. The number of anilines is 2. The number of aromatic nitrogens is 3. The summed E-state index contributed by atoms with van der Waals surface area (Å²) in [6.07, 6.45) is -1.03. The highest BCUT2D eigenvalue weighted by atomic mass is 19.3. The predicted octanol–water partition coefficient (Wildman–Crippen LogP) is 4.88. The monoisotopic (exact) mass is 445 g/mol. The lowest BCUT2D eigenvalue weighted by Crippen LogP contribution is -2.22. The van der Waals surface area contributed by atoms with E-state index in [2.05, 4.69) is 20.3 Å². The van der Waals surface area contributed by atoms with E-state index >= 15 is 0 Å². The van der Waals surface area contributed by atoms with Crippen molar-refractivity contribution in [1.29, 1.82) is 0 Å². The lowest BCUT2D eigenvalue weighted by Gasteiger charge is -2.21. The average Bonchev–Trinajstić information content (AvgIpc) is 3.27. The fourth-order valence-electron chi connectivity index (χ4n) is 3.95. The third-order valence-corrected chi connectivity index (χ3v) is 5.53. The van der Waals surface area contributed by atoms with E-state index in [9.17, 15) is 23.1 Å². The zero-order valence-electron chi connectivity index (χ0n) is 17.6. The third kappa shape index (κ3) is 4.04. The van der Waals surface area contributed by atoms with Gasteiger partial charge in [0.05, 0.1) is 17.0 Å². The molecule has 7 nitrogen and oxygen atoms in total. The summed E-state index contributed by atoms with van der Waals surface area (Å²) in [5.41, 5.74) is -0.299. The molecule has 168 valence electrons. The van der Waals surface area contributed by atoms with Crippen molar-refractivity contribution in [2.75, 3.05) is 23.3 Å². The molecule has 2 N–H and O–H groups in total. The Morgan fingerprint density at radius 3 is 2.50 bits per heavy atom. The Bertz CT molecular complexity index is 1180. The Morgan fingerprint density at radius 2 is 1.84 bits per heavy atom. The van der Waals surface area contributed by atoms with Crippen molar-refractivity contribution in [2.45, 2.75) is 39.2 Å². The van der Waals surface area contributed by atoms with E-state index < -0.39 is 29.8 Å². The number of fused-ring (bicyclic) bond motifs is 1. The molecule has 4 rings (SSSR count). The maximum Gasteiger partial charge on any atom is 0.339 e. The van der Waals surface area contributed by atoms with E-state index in [-0.39, 0.29) is 16.9 Å². The number of nitrogens with one attached hydrogen (secondary N) is 1. The molecule has 32 heavy (non-hydrogen) atoms. The number of halogens is 3. The van der Waals surface area contributed by atoms with E-state index in [0.29, 0.717) is 35.8 Å². The molecule has 0 radical (unpaired) electrons. The van der Waals surface area contributed by atoms with Crippen LogP contribution in [-0.2, 0) is 0 Å². The SMILES string of the molecule is Cc1nc(N[C@H](C)c2cccc(C(F)F)c2F)c2cc(C(=O)O)c(N3CCCC3)nc2n1. The van der Waals surface area contributed by atoms with Gasteiger partial charge in [-0.05, 0) is 32.8 Å². The molecule has 1 atom stereocenters. The van der Waals surface area contributed by atoms with Crippen molar-refractivity contribution in [3.63, 3.8) is 0 Å². The number of nitrogens with zero attached hydrogens (tertiary/aromatic N) is 4. The maximum atomic E-state index is 14.6. The summed E-state index contributed by atoms with van der Waals surface area (Å²) < 4.78 is 40.8. The lowest BCUT2D eigenvalue weighted by atomic mass is 10.0. The number of hydrogen-bond donors (Lipinski definition) is 2. The zero-order valence-corrected chi connectivity index (χ0v) is 17.6. The molecule has 3 heterocycles. The summed E-state index contributed by atoms with van der Waals surface area (Å²) in [7, 11) is 0. The Balaban J connectivity index is 1.78. The summed E-state index contributed by atoms with van der Waals surface area (Å²) in [5, 5.41) is 13.1. The van der Waals surface area contributed by atoms with Gasteiger partial charge in [0.15, 0.2) is 5.65 Å². The Hall–Kier alpha value is -3.43. The number of aryl methyl sites for hydroxylation is 1. The second-order valence-electron chi connectivity index (χ2n) is 7.77. The Kier molecular flexibility index (Phi) is 5.86. The highest BCUT2D eigenvalue weighted by Gasteiger charge is 2.25. The van der Waals surface area contributed by atoms with E-state index in [0.717, 1.165) is 18.9 Å². The fraction of sp³-hybridized carbons (Fsp3) is 0.364. The number of aromatic carboxylic acids is 1. The fourth-order valence-corrected chi connectivity index (χ4v) is 3.95. The molecule has 2 aromatic heterocycles. The number of carbonyl (C=O) groups is 1. The van der Waals surface area contributed by atoms with Crippen LogP contribution in [0.25, 0.3) is 11.0 Å². The predicted molar refractivity (Wildman–Crippen MR) is 114 cm³/mol. The second kappa shape index (κ2) is 8.60. The van der Waals surface area contributed by atoms with Gasteiger partial charge in [-0.25, -0.2) is 32.9 Å². The smallest absolute Gasteiger partial charge is 0.339 e. The average molecular weight is 445 g/mol. The Morgan fingerprint density at radius 1 is 1.16 bits per heavy atom. The minimum absolute atomic E-state index is 0.0217. The zero-order chi connectivity index (χ0) is 23.0. The van der Waals surface area contributed by atoms with Gasteiger partial charge in [-0.3, -0.25) is 0 Å². The minimum atomic E-state index is -2.93. The summed E-state index contributed by atoms with van der Waals surface area (Å²) in [4.78, 5) is 27.1. The van der Waals surface area contributed by atoms with Crippen molar-refractivity contribution in [1.82, 2.24) is 15.0 Å². The number of hydrogen-bond acceptors (Lipinski definition) is 6. The third-order valence-electron chi connectivity index (χ3n) is 5.53. The van der Waals surface area contributed by atoms with Crippen LogP contribution < -0.4 is 10.2 Å². The van der Waals surface area contributed by atoms with Crippen molar-refractivity contribution in [3.8, 4) is 0 Å². The molecule has 0 unspecified atom stereocenters. The highest BCUT2D eigenvalue weighted by molar-refractivity contribution is 6.00. The number of rotatable bonds is 6. The molecular formula is C22H22F3N5O2. The quantitative estimate of drug-likeness (QED) is 0.559. The molecular weight excluding hydrogens is 423 g/mol. The molecule has 3 aromatic rings. The van der Waals surface area contributed by atoms with Crippen LogP contribution in [0.3, 0.4) is 0 Å². The van der Waals surface area contributed by atoms with Gasteiger partial charge in [-0.1, -0.05) is 18.2 Å².